The van der Waals surface area contributed by atoms with Gasteiger partial charge in [-0.2, -0.15) is 0 Å². The highest BCUT2D eigenvalue weighted by Crippen LogP contribution is 2.38. The summed E-state index contributed by atoms with van der Waals surface area (Å²) < 4.78 is 25.1. The van der Waals surface area contributed by atoms with Gasteiger partial charge in [0.2, 0.25) is 0 Å². The van der Waals surface area contributed by atoms with Gasteiger partial charge in [0.25, 0.3) is 5.91 Å². The fourth-order valence-corrected chi connectivity index (χ4v) is 3.82. The number of methoxy groups -OCH3 is 1. The molecule has 0 bridgehead atoms. The van der Waals surface area contributed by atoms with Gasteiger partial charge in [0.15, 0.2) is 0 Å². The Hall–Kier alpha value is -2.60. The quantitative estimate of drug-likeness (QED) is 0.666. The molecule has 0 unspecified atom stereocenters. The van der Waals surface area contributed by atoms with E-state index in [-0.39, 0.29) is 17.8 Å². The van der Waals surface area contributed by atoms with Crippen molar-refractivity contribution in [1.29, 1.82) is 0 Å². The summed E-state index contributed by atoms with van der Waals surface area (Å²) in [5.41, 5.74) is 0.966. The minimum absolute atomic E-state index is 0.190. The topological polar surface area (TPSA) is 47.6 Å². The summed E-state index contributed by atoms with van der Waals surface area (Å²) in [6, 6.07) is 11.8. The number of carbonyl (C=O) groups is 1. The molecule has 0 spiro atoms. The predicted octanol–water partition coefficient (Wildman–Crippen LogP) is 4.94. The first-order chi connectivity index (χ1) is 12.5. The Labute approximate surface area is 155 Å². The highest BCUT2D eigenvalue weighted by Gasteiger charge is 2.21. The van der Waals surface area contributed by atoms with Crippen molar-refractivity contribution in [2.24, 2.45) is 0 Å². The van der Waals surface area contributed by atoms with Crippen LogP contribution >= 0.6 is 11.3 Å². The lowest BCUT2D eigenvalue weighted by molar-refractivity contribution is 0.0941. The second-order valence-electron chi connectivity index (χ2n) is 5.80. The van der Waals surface area contributed by atoms with Crippen molar-refractivity contribution in [1.82, 2.24) is 5.32 Å². The summed E-state index contributed by atoms with van der Waals surface area (Å²) in [7, 11) is 1.49. The first-order valence-corrected chi connectivity index (χ1v) is 9.14. The third-order valence-corrected chi connectivity index (χ3v) is 5.20. The molecule has 0 saturated carbocycles. The Balaban J connectivity index is 1.82. The third kappa shape index (κ3) is 3.65. The van der Waals surface area contributed by atoms with Crippen LogP contribution in [0, 0.1) is 5.82 Å². The molecule has 0 saturated heterocycles. The summed E-state index contributed by atoms with van der Waals surface area (Å²) >= 11 is 1.29. The van der Waals surface area contributed by atoms with E-state index in [2.05, 4.69) is 5.32 Å². The van der Waals surface area contributed by atoms with Crippen molar-refractivity contribution in [2.75, 3.05) is 13.7 Å². The van der Waals surface area contributed by atoms with Crippen LogP contribution < -0.4 is 14.8 Å². The average Bonchev–Trinajstić information content (AvgIpc) is 3.00. The Kier molecular flexibility index (Phi) is 5.42. The van der Waals surface area contributed by atoms with E-state index in [1.54, 1.807) is 6.07 Å². The van der Waals surface area contributed by atoms with E-state index in [1.165, 1.54) is 30.6 Å². The molecule has 1 heterocycles. The SMILES string of the molecule is CCOc1ccc([C@H](C)NC(=O)c2sc3ccc(F)cc3c2OC)cc1. The average molecular weight is 373 g/mol. The van der Waals surface area contributed by atoms with E-state index in [0.717, 1.165) is 16.0 Å². The number of hydrogen-bond donors (Lipinski definition) is 1. The third-order valence-electron chi connectivity index (χ3n) is 4.05. The normalized spacial score (nSPS) is 12.0. The van der Waals surface area contributed by atoms with Crippen molar-refractivity contribution < 1.29 is 18.7 Å². The largest absolute Gasteiger partial charge is 0.494 e. The summed E-state index contributed by atoms with van der Waals surface area (Å²) in [4.78, 5) is 13.2. The standard InChI is InChI=1S/C20H20FNO3S/c1-4-25-15-8-5-13(6-9-15)12(2)22-20(23)19-18(24-3)16-11-14(21)7-10-17(16)26-19/h5-12H,4H2,1-3H3,(H,22,23)/t12-/m0/s1. The van der Waals surface area contributed by atoms with Crippen LogP contribution in [0.1, 0.15) is 35.1 Å². The fourth-order valence-electron chi connectivity index (χ4n) is 2.76. The molecular weight excluding hydrogens is 353 g/mol. The number of carbonyl (C=O) groups excluding carboxylic acids is 1. The maximum absolute atomic E-state index is 13.5. The zero-order valence-corrected chi connectivity index (χ0v) is 15.7. The molecule has 0 fully saturated rings. The molecule has 0 aliphatic carbocycles. The Morgan fingerprint density at radius 2 is 1.96 bits per heavy atom. The van der Waals surface area contributed by atoms with Crippen LogP contribution in [-0.4, -0.2) is 19.6 Å². The van der Waals surface area contributed by atoms with E-state index in [1.807, 2.05) is 38.1 Å². The van der Waals surface area contributed by atoms with Crippen LogP contribution in [0.5, 0.6) is 11.5 Å². The van der Waals surface area contributed by atoms with Crippen LogP contribution in [0.25, 0.3) is 10.1 Å². The van der Waals surface area contributed by atoms with Gasteiger partial charge in [0.05, 0.1) is 19.8 Å². The Morgan fingerprint density at radius 3 is 2.62 bits per heavy atom. The van der Waals surface area contributed by atoms with Gasteiger partial charge in [-0.3, -0.25) is 4.79 Å². The molecule has 136 valence electrons. The van der Waals surface area contributed by atoms with Gasteiger partial charge in [-0.05, 0) is 49.7 Å². The van der Waals surface area contributed by atoms with Gasteiger partial charge in [-0.25, -0.2) is 4.39 Å². The summed E-state index contributed by atoms with van der Waals surface area (Å²) in [6.07, 6.45) is 0. The predicted molar refractivity (Wildman–Crippen MR) is 102 cm³/mol. The smallest absolute Gasteiger partial charge is 0.265 e. The fraction of sp³-hybridized carbons (Fsp3) is 0.250. The number of rotatable bonds is 6. The van der Waals surface area contributed by atoms with Gasteiger partial charge >= 0.3 is 0 Å². The van der Waals surface area contributed by atoms with E-state index in [0.29, 0.717) is 22.6 Å². The van der Waals surface area contributed by atoms with Crippen LogP contribution in [0.3, 0.4) is 0 Å². The molecule has 0 aliphatic rings. The minimum atomic E-state index is -0.358. The molecule has 0 aliphatic heterocycles. The van der Waals surface area contributed by atoms with E-state index in [4.69, 9.17) is 9.47 Å². The lowest BCUT2D eigenvalue weighted by atomic mass is 10.1. The first kappa shape index (κ1) is 18.2. The van der Waals surface area contributed by atoms with Crippen molar-refractivity contribution in [3.63, 3.8) is 0 Å². The van der Waals surface area contributed by atoms with Crippen LogP contribution in [0.15, 0.2) is 42.5 Å². The highest BCUT2D eigenvalue weighted by molar-refractivity contribution is 7.21. The molecule has 1 atom stereocenters. The maximum Gasteiger partial charge on any atom is 0.265 e. The molecule has 3 rings (SSSR count). The lowest BCUT2D eigenvalue weighted by Gasteiger charge is -2.15. The second kappa shape index (κ2) is 7.74. The molecule has 3 aromatic rings. The molecule has 6 heteroatoms. The molecule has 4 nitrogen and oxygen atoms in total. The molecular formula is C20H20FNO3S. The second-order valence-corrected chi connectivity index (χ2v) is 6.85. The lowest BCUT2D eigenvalue weighted by Crippen LogP contribution is -2.26. The number of halogens is 1. The van der Waals surface area contributed by atoms with Crippen LogP contribution in [-0.2, 0) is 0 Å². The highest BCUT2D eigenvalue weighted by atomic mass is 32.1. The van der Waals surface area contributed by atoms with Gasteiger partial charge in [-0.15, -0.1) is 11.3 Å². The number of thiophene rings is 1. The minimum Gasteiger partial charge on any atom is -0.494 e. The number of ether oxygens (including phenoxy) is 2. The molecule has 1 amide bonds. The van der Waals surface area contributed by atoms with Gasteiger partial charge in [0.1, 0.15) is 22.2 Å². The van der Waals surface area contributed by atoms with Crippen molar-refractivity contribution >= 4 is 27.3 Å². The monoisotopic (exact) mass is 373 g/mol. The molecule has 26 heavy (non-hydrogen) atoms. The molecule has 1 aromatic heterocycles. The Bertz CT molecular complexity index is 921. The van der Waals surface area contributed by atoms with E-state index < -0.39 is 0 Å². The number of benzene rings is 2. The zero-order chi connectivity index (χ0) is 18.7. The van der Waals surface area contributed by atoms with Gasteiger partial charge in [-0.1, -0.05) is 12.1 Å². The molecule has 1 N–H and O–H groups in total. The van der Waals surface area contributed by atoms with Crippen molar-refractivity contribution in [3.8, 4) is 11.5 Å². The number of fused-ring (bicyclic) bond motifs is 1. The molecule has 2 aromatic carbocycles. The van der Waals surface area contributed by atoms with E-state index in [9.17, 15) is 9.18 Å². The number of nitrogens with one attached hydrogen (secondary N) is 1. The summed E-state index contributed by atoms with van der Waals surface area (Å²) in [6.45, 7) is 4.45. The maximum atomic E-state index is 13.5. The Morgan fingerprint density at radius 1 is 1.23 bits per heavy atom. The van der Waals surface area contributed by atoms with Crippen LogP contribution in [0.2, 0.25) is 0 Å². The van der Waals surface area contributed by atoms with Gasteiger partial charge in [0, 0.05) is 10.1 Å². The number of amides is 1. The van der Waals surface area contributed by atoms with Gasteiger partial charge < -0.3 is 14.8 Å². The summed E-state index contributed by atoms with van der Waals surface area (Å²) in [5, 5.41) is 3.58. The van der Waals surface area contributed by atoms with E-state index >= 15 is 0 Å². The first-order valence-electron chi connectivity index (χ1n) is 8.33. The van der Waals surface area contributed by atoms with Crippen LogP contribution in [0.4, 0.5) is 4.39 Å². The van der Waals surface area contributed by atoms with Crippen molar-refractivity contribution in [2.45, 2.75) is 19.9 Å². The number of hydrogen-bond acceptors (Lipinski definition) is 4. The summed E-state index contributed by atoms with van der Waals surface area (Å²) in [5.74, 6) is 0.594. The zero-order valence-electron chi connectivity index (χ0n) is 14.8. The molecule has 0 radical (unpaired) electrons. The van der Waals surface area contributed by atoms with Crippen molar-refractivity contribution in [3.05, 3.63) is 58.7 Å².